The van der Waals surface area contributed by atoms with Gasteiger partial charge < -0.3 is 14.8 Å². The zero-order valence-electron chi connectivity index (χ0n) is 18.6. The number of hydrogen-bond donors (Lipinski definition) is 1. The fourth-order valence-electron chi connectivity index (χ4n) is 4.49. The molecule has 1 saturated heterocycles. The third kappa shape index (κ3) is 4.16. The maximum atomic E-state index is 13.0. The number of piperidine rings is 1. The molecule has 0 unspecified atom stereocenters. The predicted octanol–water partition coefficient (Wildman–Crippen LogP) is 4.35. The van der Waals surface area contributed by atoms with E-state index < -0.39 is 0 Å². The molecule has 2 amide bonds. The molecule has 160 valence electrons. The van der Waals surface area contributed by atoms with Crippen LogP contribution in [0.15, 0.2) is 30.3 Å². The molecule has 2 aliphatic rings. The lowest BCUT2D eigenvalue weighted by molar-refractivity contribution is -0.133. The molecule has 1 aliphatic heterocycles. The number of nitrogens with one attached hydrogen (secondary N) is 1. The van der Waals surface area contributed by atoms with Crippen molar-refractivity contribution in [3.8, 4) is 5.69 Å². The van der Waals surface area contributed by atoms with Crippen LogP contribution in [0.2, 0.25) is 0 Å². The number of hydrogen-bond acceptors (Lipinski definition) is 2. The second-order valence-corrected chi connectivity index (χ2v) is 9.21. The maximum Gasteiger partial charge on any atom is 0.253 e. The Kier molecular flexibility index (Phi) is 5.72. The van der Waals surface area contributed by atoms with Crippen LogP contribution < -0.4 is 5.32 Å². The van der Waals surface area contributed by atoms with Gasteiger partial charge in [0.2, 0.25) is 5.91 Å². The van der Waals surface area contributed by atoms with Crippen LogP contribution in [0.1, 0.15) is 72.8 Å². The number of benzene rings is 1. The molecule has 5 nitrogen and oxygen atoms in total. The zero-order chi connectivity index (χ0) is 21.4. The van der Waals surface area contributed by atoms with E-state index in [-0.39, 0.29) is 17.9 Å². The molecule has 4 rings (SSSR count). The fourth-order valence-corrected chi connectivity index (χ4v) is 4.49. The third-order valence-electron chi connectivity index (χ3n) is 6.56. The molecular weight excluding hydrogens is 374 g/mol. The van der Waals surface area contributed by atoms with Crippen LogP contribution in [0.25, 0.3) is 5.69 Å². The summed E-state index contributed by atoms with van der Waals surface area (Å²) in [5, 5.41) is 3.21. The molecule has 0 bridgehead atoms. The lowest BCUT2D eigenvalue weighted by Gasteiger charge is -2.32. The van der Waals surface area contributed by atoms with Gasteiger partial charge in [-0.1, -0.05) is 26.0 Å². The van der Waals surface area contributed by atoms with Crippen molar-refractivity contribution in [3.05, 3.63) is 52.8 Å². The van der Waals surface area contributed by atoms with Gasteiger partial charge in [0.15, 0.2) is 0 Å². The number of rotatable bonds is 5. The molecule has 2 aromatic rings. The van der Waals surface area contributed by atoms with Gasteiger partial charge in [-0.2, -0.15) is 0 Å². The lowest BCUT2D eigenvalue weighted by Crippen LogP contribution is -2.47. The summed E-state index contributed by atoms with van der Waals surface area (Å²) in [7, 11) is 0. The zero-order valence-corrected chi connectivity index (χ0v) is 18.6. The molecule has 2 fully saturated rings. The highest BCUT2D eigenvalue weighted by atomic mass is 16.2. The molecule has 1 aromatic carbocycles. The number of nitrogens with zero attached hydrogens (tertiary/aromatic N) is 2. The van der Waals surface area contributed by atoms with Crippen molar-refractivity contribution in [2.24, 2.45) is 5.92 Å². The third-order valence-corrected chi connectivity index (χ3v) is 6.56. The Hall–Kier alpha value is -2.56. The van der Waals surface area contributed by atoms with E-state index in [4.69, 9.17) is 0 Å². The van der Waals surface area contributed by atoms with Crippen LogP contribution in [-0.4, -0.2) is 40.4 Å². The Balaban J connectivity index is 1.42. The second-order valence-electron chi connectivity index (χ2n) is 9.21. The molecular formula is C25H33N3O2. The standard InChI is InChI=1S/C25H33N3O2/c1-16(2)19-7-9-22(10-8-19)28-17(3)15-23(18(28)4)24(29)26-21-11-13-27(14-12-21)25(30)20-5-6-20/h7-10,15-16,20-21H,5-6,11-14H2,1-4H3,(H,26,29). The van der Waals surface area contributed by atoms with Gasteiger partial charge in [-0.25, -0.2) is 0 Å². The van der Waals surface area contributed by atoms with E-state index in [0.29, 0.717) is 11.8 Å². The summed E-state index contributed by atoms with van der Waals surface area (Å²) < 4.78 is 2.15. The van der Waals surface area contributed by atoms with Gasteiger partial charge in [-0.15, -0.1) is 0 Å². The molecule has 1 aromatic heterocycles. The van der Waals surface area contributed by atoms with Crippen molar-refractivity contribution in [3.63, 3.8) is 0 Å². The molecule has 1 saturated carbocycles. The van der Waals surface area contributed by atoms with E-state index in [0.717, 1.165) is 61.4 Å². The summed E-state index contributed by atoms with van der Waals surface area (Å²) in [6.07, 6.45) is 3.76. The molecule has 1 N–H and O–H groups in total. The van der Waals surface area contributed by atoms with Crippen LogP contribution >= 0.6 is 0 Å². The minimum atomic E-state index is -0.0138. The van der Waals surface area contributed by atoms with E-state index >= 15 is 0 Å². The Morgan fingerprint density at radius 2 is 1.63 bits per heavy atom. The van der Waals surface area contributed by atoms with Gasteiger partial charge in [0.25, 0.3) is 5.91 Å². The number of amides is 2. The van der Waals surface area contributed by atoms with Gasteiger partial charge in [0.1, 0.15) is 0 Å². The summed E-state index contributed by atoms with van der Waals surface area (Å²) in [4.78, 5) is 27.2. The minimum absolute atomic E-state index is 0.0138. The first-order valence-electron chi connectivity index (χ1n) is 11.2. The monoisotopic (exact) mass is 407 g/mol. The van der Waals surface area contributed by atoms with Gasteiger partial charge in [0.05, 0.1) is 5.56 Å². The first kappa shape index (κ1) is 20.7. The quantitative estimate of drug-likeness (QED) is 0.801. The number of aromatic nitrogens is 1. The Labute approximate surface area is 179 Å². The van der Waals surface area contributed by atoms with Crippen LogP contribution in [0.4, 0.5) is 0 Å². The van der Waals surface area contributed by atoms with E-state index in [9.17, 15) is 9.59 Å². The van der Waals surface area contributed by atoms with Crippen LogP contribution in [0, 0.1) is 19.8 Å². The Bertz CT molecular complexity index is 930. The summed E-state index contributed by atoms with van der Waals surface area (Å²) in [5.41, 5.74) is 5.14. The highest BCUT2D eigenvalue weighted by Crippen LogP contribution is 2.32. The van der Waals surface area contributed by atoms with E-state index in [1.165, 1.54) is 5.56 Å². The average molecular weight is 408 g/mol. The van der Waals surface area contributed by atoms with Crippen molar-refractivity contribution in [1.82, 2.24) is 14.8 Å². The molecule has 5 heteroatoms. The van der Waals surface area contributed by atoms with Crippen LogP contribution in [-0.2, 0) is 4.79 Å². The van der Waals surface area contributed by atoms with E-state index in [2.05, 4.69) is 48.0 Å². The molecule has 2 heterocycles. The number of carbonyl (C=O) groups excluding carboxylic acids is 2. The predicted molar refractivity (Wildman–Crippen MR) is 119 cm³/mol. The summed E-state index contributed by atoms with van der Waals surface area (Å²) in [6, 6.07) is 10.7. The Morgan fingerprint density at radius 3 is 2.20 bits per heavy atom. The molecule has 0 radical (unpaired) electrons. The summed E-state index contributed by atoms with van der Waals surface area (Å²) in [5.74, 6) is 1.07. The molecule has 0 atom stereocenters. The number of aryl methyl sites for hydroxylation is 1. The van der Waals surface area contributed by atoms with Crippen molar-refractivity contribution in [1.29, 1.82) is 0 Å². The molecule has 0 spiro atoms. The topological polar surface area (TPSA) is 54.3 Å². The van der Waals surface area contributed by atoms with Crippen LogP contribution in [0.5, 0.6) is 0 Å². The maximum absolute atomic E-state index is 13.0. The number of carbonyl (C=O) groups is 2. The van der Waals surface area contributed by atoms with Gasteiger partial charge in [-0.05, 0) is 69.2 Å². The SMILES string of the molecule is Cc1cc(C(=O)NC2CCN(C(=O)C3CC3)CC2)c(C)n1-c1ccc(C(C)C)cc1. The van der Waals surface area contributed by atoms with Gasteiger partial charge in [0, 0.05) is 42.1 Å². The normalized spacial score (nSPS) is 17.4. The van der Waals surface area contributed by atoms with Crippen molar-refractivity contribution < 1.29 is 9.59 Å². The largest absolute Gasteiger partial charge is 0.349 e. The van der Waals surface area contributed by atoms with Crippen molar-refractivity contribution >= 4 is 11.8 Å². The van der Waals surface area contributed by atoms with E-state index in [1.807, 2.05) is 24.8 Å². The first-order valence-corrected chi connectivity index (χ1v) is 11.2. The summed E-state index contributed by atoms with van der Waals surface area (Å²) in [6.45, 7) is 9.94. The van der Waals surface area contributed by atoms with Gasteiger partial charge >= 0.3 is 0 Å². The van der Waals surface area contributed by atoms with Crippen molar-refractivity contribution in [2.45, 2.75) is 65.3 Å². The highest BCUT2D eigenvalue weighted by molar-refractivity contribution is 5.96. The summed E-state index contributed by atoms with van der Waals surface area (Å²) >= 11 is 0. The molecule has 30 heavy (non-hydrogen) atoms. The second kappa shape index (κ2) is 8.29. The van der Waals surface area contributed by atoms with Gasteiger partial charge in [-0.3, -0.25) is 9.59 Å². The minimum Gasteiger partial charge on any atom is -0.349 e. The Morgan fingerprint density at radius 1 is 1.00 bits per heavy atom. The fraction of sp³-hybridized carbons (Fsp3) is 0.520. The average Bonchev–Trinajstić information content (AvgIpc) is 3.53. The smallest absolute Gasteiger partial charge is 0.253 e. The van der Waals surface area contributed by atoms with Crippen molar-refractivity contribution in [2.75, 3.05) is 13.1 Å². The first-order chi connectivity index (χ1) is 14.3. The van der Waals surface area contributed by atoms with E-state index in [1.54, 1.807) is 0 Å². The van der Waals surface area contributed by atoms with Crippen LogP contribution in [0.3, 0.4) is 0 Å². The highest BCUT2D eigenvalue weighted by Gasteiger charge is 2.35. The molecule has 1 aliphatic carbocycles. The number of likely N-dealkylation sites (tertiary alicyclic amines) is 1. The lowest BCUT2D eigenvalue weighted by atomic mass is 10.0.